The fourth-order valence-corrected chi connectivity index (χ4v) is 2.56. The van der Waals surface area contributed by atoms with Gasteiger partial charge in [-0.15, -0.1) is 0 Å². The Labute approximate surface area is 170 Å². The van der Waals surface area contributed by atoms with Crippen LogP contribution in [0.25, 0.3) is 0 Å². The summed E-state index contributed by atoms with van der Waals surface area (Å²) < 4.78 is 10.5. The molecule has 28 heavy (non-hydrogen) atoms. The van der Waals surface area contributed by atoms with Crippen LogP contribution in [0.5, 0.6) is 5.75 Å². The van der Waals surface area contributed by atoms with Crippen molar-refractivity contribution < 1.29 is 14.3 Å². The van der Waals surface area contributed by atoms with E-state index in [9.17, 15) is 4.79 Å². The standard InChI is InChI=1S/C18H15Cl2N5O3/c1-27-14-5-3-2-4-13(14)22-18-24-15(23-17(21)25-18)9-28-16(26)10-6-7-11(19)12(20)8-10/h2-8H,9H2,1H3,(H3,21,22,23,24,25). The number of hydrogen-bond acceptors (Lipinski definition) is 8. The molecule has 8 nitrogen and oxygen atoms in total. The third kappa shape index (κ3) is 4.79. The molecule has 0 spiro atoms. The van der Waals surface area contributed by atoms with Crippen molar-refractivity contribution >= 4 is 46.8 Å². The lowest BCUT2D eigenvalue weighted by Crippen LogP contribution is -2.11. The largest absolute Gasteiger partial charge is 0.495 e. The molecule has 0 saturated heterocycles. The summed E-state index contributed by atoms with van der Waals surface area (Å²) in [4.78, 5) is 24.4. The van der Waals surface area contributed by atoms with Crippen LogP contribution in [-0.4, -0.2) is 28.0 Å². The maximum absolute atomic E-state index is 12.2. The number of aromatic nitrogens is 3. The summed E-state index contributed by atoms with van der Waals surface area (Å²) in [5.74, 6) is 0.356. The highest BCUT2D eigenvalue weighted by Crippen LogP contribution is 2.26. The minimum atomic E-state index is -0.600. The Morgan fingerprint density at radius 2 is 1.89 bits per heavy atom. The Morgan fingerprint density at radius 3 is 2.64 bits per heavy atom. The van der Waals surface area contributed by atoms with Crippen LogP contribution in [0.3, 0.4) is 0 Å². The van der Waals surface area contributed by atoms with E-state index in [0.29, 0.717) is 16.5 Å². The molecule has 0 amide bonds. The Bertz CT molecular complexity index is 1020. The topological polar surface area (TPSA) is 112 Å². The number of esters is 1. The van der Waals surface area contributed by atoms with E-state index in [2.05, 4.69) is 20.3 Å². The van der Waals surface area contributed by atoms with Gasteiger partial charge in [-0.2, -0.15) is 15.0 Å². The van der Waals surface area contributed by atoms with Crippen molar-refractivity contribution in [3.05, 3.63) is 63.9 Å². The molecule has 144 valence electrons. The molecule has 0 aliphatic rings. The maximum Gasteiger partial charge on any atom is 0.338 e. The van der Waals surface area contributed by atoms with E-state index >= 15 is 0 Å². The smallest absolute Gasteiger partial charge is 0.338 e. The molecular weight excluding hydrogens is 405 g/mol. The molecule has 3 N–H and O–H groups in total. The monoisotopic (exact) mass is 419 g/mol. The number of para-hydroxylation sites is 2. The molecule has 0 atom stereocenters. The lowest BCUT2D eigenvalue weighted by molar-refractivity contribution is 0.0462. The summed E-state index contributed by atoms with van der Waals surface area (Å²) in [5, 5.41) is 3.59. The molecule has 0 unspecified atom stereocenters. The van der Waals surface area contributed by atoms with Gasteiger partial charge in [-0.05, 0) is 30.3 Å². The van der Waals surface area contributed by atoms with Crippen LogP contribution in [0.1, 0.15) is 16.2 Å². The second kappa shape index (κ2) is 8.73. The highest BCUT2D eigenvalue weighted by atomic mass is 35.5. The lowest BCUT2D eigenvalue weighted by Gasteiger charge is -2.11. The van der Waals surface area contributed by atoms with Crippen molar-refractivity contribution in [2.45, 2.75) is 6.61 Å². The van der Waals surface area contributed by atoms with Gasteiger partial charge in [0, 0.05) is 0 Å². The van der Waals surface area contributed by atoms with Crippen molar-refractivity contribution in [1.82, 2.24) is 15.0 Å². The van der Waals surface area contributed by atoms with Gasteiger partial charge in [-0.3, -0.25) is 0 Å². The van der Waals surface area contributed by atoms with E-state index in [0.717, 1.165) is 0 Å². The molecule has 3 aromatic rings. The first-order chi connectivity index (χ1) is 13.5. The molecule has 1 aromatic heterocycles. The van der Waals surface area contributed by atoms with E-state index in [-0.39, 0.29) is 34.9 Å². The van der Waals surface area contributed by atoms with E-state index in [4.69, 9.17) is 38.4 Å². The molecule has 2 aromatic carbocycles. The van der Waals surface area contributed by atoms with E-state index < -0.39 is 5.97 Å². The maximum atomic E-state index is 12.2. The predicted octanol–water partition coefficient (Wildman–Crippen LogP) is 3.87. The number of hydrogen-bond donors (Lipinski definition) is 2. The van der Waals surface area contributed by atoms with Gasteiger partial charge in [0.25, 0.3) is 0 Å². The zero-order chi connectivity index (χ0) is 20.1. The Kier molecular flexibility index (Phi) is 6.13. The summed E-state index contributed by atoms with van der Waals surface area (Å²) in [5.41, 5.74) is 6.63. The second-order valence-corrected chi connectivity index (χ2v) is 6.28. The number of carbonyl (C=O) groups is 1. The van der Waals surface area contributed by atoms with Gasteiger partial charge >= 0.3 is 5.97 Å². The third-order valence-electron chi connectivity index (χ3n) is 3.54. The SMILES string of the molecule is COc1ccccc1Nc1nc(N)nc(COC(=O)c2ccc(Cl)c(Cl)c2)n1. The number of nitrogen functional groups attached to an aromatic ring is 1. The molecular formula is C18H15Cl2N5O3. The number of nitrogens with zero attached hydrogens (tertiary/aromatic N) is 3. The minimum Gasteiger partial charge on any atom is -0.495 e. The van der Waals surface area contributed by atoms with Crippen molar-refractivity contribution in [2.24, 2.45) is 0 Å². The lowest BCUT2D eigenvalue weighted by atomic mass is 10.2. The Hall–Kier alpha value is -3.10. The minimum absolute atomic E-state index is 0.0204. The van der Waals surface area contributed by atoms with Gasteiger partial charge in [-0.25, -0.2) is 4.79 Å². The average Bonchev–Trinajstić information content (AvgIpc) is 2.68. The highest BCUT2D eigenvalue weighted by molar-refractivity contribution is 6.42. The second-order valence-electron chi connectivity index (χ2n) is 5.46. The number of benzene rings is 2. The van der Waals surface area contributed by atoms with Gasteiger partial charge < -0.3 is 20.5 Å². The van der Waals surface area contributed by atoms with Crippen molar-refractivity contribution in [1.29, 1.82) is 0 Å². The molecule has 10 heteroatoms. The summed E-state index contributed by atoms with van der Waals surface area (Å²) in [7, 11) is 1.55. The van der Waals surface area contributed by atoms with Gasteiger partial charge in [-0.1, -0.05) is 35.3 Å². The first-order valence-electron chi connectivity index (χ1n) is 7.99. The van der Waals surface area contributed by atoms with Crippen LogP contribution in [0.2, 0.25) is 10.0 Å². The highest BCUT2D eigenvalue weighted by Gasteiger charge is 2.13. The summed E-state index contributed by atoms with van der Waals surface area (Å²) in [6.07, 6.45) is 0. The van der Waals surface area contributed by atoms with Gasteiger partial charge in [0.05, 0.1) is 28.4 Å². The van der Waals surface area contributed by atoms with Crippen LogP contribution in [0, 0.1) is 0 Å². The number of carbonyl (C=O) groups excluding carboxylic acids is 1. The Balaban J connectivity index is 1.72. The van der Waals surface area contributed by atoms with Gasteiger partial charge in [0.15, 0.2) is 12.4 Å². The first kappa shape index (κ1) is 19.7. The van der Waals surface area contributed by atoms with Gasteiger partial charge in [0.1, 0.15) is 5.75 Å². The third-order valence-corrected chi connectivity index (χ3v) is 4.28. The molecule has 3 rings (SSSR count). The number of nitrogens with two attached hydrogens (primary N) is 1. The number of nitrogens with one attached hydrogen (secondary N) is 1. The number of methoxy groups -OCH3 is 1. The number of rotatable bonds is 6. The van der Waals surface area contributed by atoms with E-state index in [1.165, 1.54) is 18.2 Å². The molecule has 0 bridgehead atoms. The molecule has 1 heterocycles. The van der Waals surface area contributed by atoms with Crippen molar-refractivity contribution in [3.8, 4) is 5.75 Å². The summed E-state index contributed by atoms with van der Waals surface area (Å²) in [6, 6.07) is 11.7. The fraction of sp³-hybridized carbons (Fsp3) is 0.111. The van der Waals surface area contributed by atoms with Crippen LogP contribution in [0.15, 0.2) is 42.5 Å². The molecule has 0 saturated carbocycles. The molecule has 0 aliphatic heterocycles. The number of anilines is 3. The van der Waals surface area contributed by atoms with Crippen LogP contribution >= 0.6 is 23.2 Å². The van der Waals surface area contributed by atoms with E-state index in [1.54, 1.807) is 19.2 Å². The van der Waals surface area contributed by atoms with Crippen molar-refractivity contribution in [2.75, 3.05) is 18.2 Å². The van der Waals surface area contributed by atoms with Crippen LogP contribution in [-0.2, 0) is 11.3 Å². The average molecular weight is 420 g/mol. The zero-order valence-electron chi connectivity index (χ0n) is 14.6. The molecule has 0 radical (unpaired) electrons. The van der Waals surface area contributed by atoms with E-state index in [1.807, 2.05) is 12.1 Å². The van der Waals surface area contributed by atoms with Crippen LogP contribution in [0.4, 0.5) is 17.6 Å². The summed E-state index contributed by atoms with van der Waals surface area (Å²) in [6.45, 7) is -0.202. The Morgan fingerprint density at radius 1 is 1.11 bits per heavy atom. The van der Waals surface area contributed by atoms with Crippen LogP contribution < -0.4 is 15.8 Å². The molecule has 0 fully saturated rings. The fourth-order valence-electron chi connectivity index (χ4n) is 2.26. The zero-order valence-corrected chi connectivity index (χ0v) is 16.2. The number of ether oxygens (including phenoxy) is 2. The first-order valence-corrected chi connectivity index (χ1v) is 8.74. The van der Waals surface area contributed by atoms with Gasteiger partial charge in [0.2, 0.25) is 11.9 Å². The predicted molar refractivity (Wildman–Crippen MR) is 106 cm³/mol. The summed E-state index contributed by atoms with van der Waals surface area (Å²) >= 11 is 11.8. The quantitative estimate of drug-likeness (QED) is 0.578. The number of halogens is 2. The van der Waals surface area contributed by atoms with Crippen molar-refractivity contribution in [3.63, 3.8) is 0 Å². The molecule has 0 aliphatic carbocycles. The normalized spacial score (nSPS) is 10.4.